The lowest BCUT2D eigenvalue weighted by Gasteiger charge is -2.31. The lowest BCUT2D eigenvalue weighted by Crippen LogP contribution is -2.50. The van der Waals surface area contributed by atoms with Crippen molar-refractivity contribution in [1.82, 2.24) is 10.2 Å². The molecule has 30 heavy (non-hydrogen) atoms. The highest BCUT2D eigenvalue weighted by atomic mass is 35.5. The largest absolute Gasteiger partial charge is 0.352 e. The van der Waals surface area contributed by atoms with Gasteiger partial charge in [-0.3, -0.25) is 9.59 Å². The predicted molar refractivity (Wildman–Crippen MR) is 122 cm³/mol. The topological polar surface area (TPSA) is 49.4 Å². The second-order valence-corrected chi connectivity index (χ2v) is 8.78. The van der Waals surface area contributed by atoms with Crippen molar-refractivity contribution in [2.75, 3.05) is 0 Å². The molecule has 4 nitrogen and oxygen atoms in total. The minimum absolute atomic E-state index is 0.117. The molecule has 1 atom stereocenters. The summed E-state index contributed by atoms with van der Waals surface area (Å²) in [6.07, 6.45) is 5.66. The molecule has 0 heterocycles. The van der Waals surface area contributed by atoms with Crippen molar-refractivity contribution >= 4 is 35.0 Å². The molecule has 0 radical (unpaired) electrons. The number of halogens is 2. The molecule has 160 valence electrons. The first-order valence-electron chi connectivity index (χ1n) is 10.5. The van der Waals surface area contributed by atoms with Crippen LogP contribution in [0.25, 0.3) is 0 Å². The van der Waals surface area contributed by atoms with Gasteiger partial charge < -0.3 is 10.2 Å². The Morgan fingerprint density at radius 2 is 1.80 bits per heavy atom. The van der Waals surface area contributed by atoms with Gasteiger partial charge in [0.05, 0.1) is 6.42 Å². The molecule has 2 amide bonds. The fourth-order valence-corrected chi connectivity index (χ4v) is 4.29. The van der Waals surface area contributed by atoms with Gasteiger partial charge in [-0.1, -0.05) is 72.8 Å². The van der Waals surface area contributed by atoms with Gasteiger partial charge in [-0.15, -0.1) is 0 Å². The Morgan fingerprint density at radius 1 is 1.07 bits per heavy atom. The lowest BCUT2D eigenvalue weighted by molar-refractivity contribution is -0.140. The summed E-state index contributed by atoms with van der Waals surface area (Å²) in [4.78, 5) is 27.8. The third-order valence-electron chi connectivity index (χ3n) is 5.66. The third kappa shape index (κ3) is 6.23. The van der Waals surface area contributed by atoms with Crippen molar-refractivity contribution in [1.29, 1.82) is 0 Å². The van der Waals surface area contributed by atoms with Crippen molar-refractivity contribution in [3.8, 4) is 0 Å². The number of carbonyl (C=O) groups excluding carboxylic acids is 2. The Labute approximate surface area is 188 Å². The first kappa shape index (κ1) is 22.6. The molecule has 2 aromatic rings. The van der Waals surface area contributed by atoms with Gasteiger partial charge in [-0.2, -0.15) is 0 Å². The Morgan fingerprint density at radius 3 is 2.50 bits per heavy atom. The quantitative estimate of drug-likeness (QED) is 0.618. The molecule has 0 bridgehead atoms. The van der Waals surface area contributed by atoms with E-state index in [4.69, 9.17) is 23.2 Å². The zero-order chi connectivity index (χ0) is 21.5. The van der Waals surface area contributed by atoms with Crippen molar-refractivity contribution in [3.63, 3.8) is 0 Å². The standard InChI is InChI=1S/C24H28Cl2N2O2/c1-17(24(30)27-21-11-3-2-4-12-21)28(16-19-9-5-6-13-22(19)26)23(29)15-18-8-7-10-20(25)14-18/h5-10,13-14,17,21H,2-4,11-12,15-16H2,1H3,(H,27,30). The van der Waals surface area contributed by atoms with Gasteiger partial charge in [0.25, 0.3) is 0 Å². The van der Waals surface area contributed by atoms with Gasteiger partial charge in [0, 0.05) is 22.6 Å². The number of carbonyl (C=O) groups is 2. The van der Waals surface area contributed by atoms with E-state index in [-0.39, 0.29) is 30.8 Å². The van der Waals surface area contributed by atoms with Gasteiger partial charge in [0.1, 0.15) is 6.04 Å². The molecular weight excluding hydrogens is 419 g/mol. The zero-order valence-electron chi connectivity index (χ0n) is 17.2. The Hall–Kier alpha value is -2.04. The number of amides is 2. The van der Waals surface area contributed by atoms with E-state index in [0.29, 0.717) is 10.0 Å². The maximum absolute atomic E-state index is 13.2. The minimum atomic E-state index is -0.602. The monoisotopic (exact) mass is 446 g/mol. The predicted octanol–water partition coefficient (Wildman–Crippen LogP) is 5.40. The van der Waals surface area contributed by atoms with E-state index in [9.17, 15) is 9.59 Å². The highest BCUT2D eigenvalue weighted by Crippen LogP contribution is 2.21. The number of hydrogen-bond acceptors (Lipinski definition) is 2. The van der Waals surface area contributed by atoms with Crippen LogP contribution in [0.15, 0.2) is 48.5 Å². The summed E-state index contributed by atoms with van der Waals surface area (Å²) in [5.41, 5.74) is 1.63. The van der Waals surface area contributed by atoms with Crippen LogP contribution < -0.4 is 5.32 Å². The van der Waals surface area contributed by atoms with Crippen LogP contribution in [-0.4, -0.2) is 28.8 Å². The van der Waals surface area contributed by atoms with E-state index in [1.165, 1.54) is 6.42 Å². The summed E-state index contributed by atoms with van der Waals surface area (Å²) < 4.78 is 0. The lowest BCUT2D eigenvalue weighted by atomic mass is 9.95. The number of rotatable bonds is 7. The summed E-state index contributed by atoms with van der Waals surface area (Å²) in [6, 6.07) is 14.2. The molecule has 3 rings (SSSR count). The molecule has 0 aliphatic heterocycles. The molecule has 1 saturated carbocycles. The zero-order valence-corrected chi connectivity index (χ0v) is 18.8. The molecule has 1 N–H and O–H groups in total. The fraction of sp³-hybridized carbons (Fsp3) is 0.417. The summed E-state index contributed by atoms with van der Waals surface area (Å²) in [5.74, 6) is -0.253. The van der Waals surface area contributed by atoms with Crippen LogP contribution >= 0.6 is 23.2 Å². The smallest absolute Gasteiger partial charge is 0.242 e. The van der Waals surface area contributed by atoms with Crippen LogP contribution in [0.4, 0.5) is 0 Å². The highest BCUT2D eigenvalue weighted by molar-refractivity contribution is 6.31. The van der Waals surface area contributed by atoms with Crippen LogP contribution in [-0.2, 0) is 22.6 Å². The van der Waals surface area contributed by atoms with Gasteiger partial charge in [-0.05, 0) is 49.1 Å². The summed E-state index contributed by atoms with van der Waals surface area (Å²) >= 11 is 12.4. The Balaban J connectivity index is 1.77. The van der Waals surface area contributed by atoms with Crippen LogP contribution in [0.2, 0.25) is 10.0 Å². The highest BCUT2D eigenvalue weighted by Gasteiger charge is 2.28. The Bertz CT molecular complexity index is 881. The third-order valence-corrected chi connectivity index (χ3v) is 6.27. The van der Waals surface area contributed by atoms with Crippen LogP contribution in [0.3, 0.4) is 0 Å². The first-order chi connectivity index (χ1) is 14.4. The van der Waals surface area contributed by atoms with E-state index < -0.39 is 6.04 Å². The number of nitrogens with zero attached hydrogens (tertiary/aromatic N) is 1. The molecule has 2 aromatic carbocycles. The molecule has 1 unspecified atom stereocenters. The molecule has 1 aliphatic carbocycles. The molecule has 1 fully saturated rings. The molecular formula is C24H28Cl2N2O2. The van der Waals surface area contributed by atoms with Crippen molar-refractivity contribution < 1.29 is 9.59 Å². The van der Waals surface area contributed by atoms with Crippen LogP contribution in [0.1, 0.15) is 50.2 Å². The molecule has 0 aromatic heterocycles. The fourth-order valence-electron chi connectivity index (χ4n) is 3.88. The van der Waals surface area contributed by atoms with Crippen molar-refractivity contribution in [3.05, 3.63) is 69.7 Å². The molecule has 0 spiro atoms. The second kappa shape index (κ2) is 10.8. The Kier molecular flexibility index (Phi) is 8.17. The minimum Gasteiger partial charge on any atom is -0.352 e. The van der Waals surface area contributed by atoms with Crippen LogP contribution in [0, 0.1) is 0 Å². The first-order valence-corrected chi connectivity index (χ1v) is 11.3. The second-order valence-electron chi connectivity index (χ2n) is 7.94. The van der Waals surface area contributed by atoms with Crippen LogP contribution in [0.5, 0.6) is 0 Å². The average molecular weight is 447 g/mol. The van der Waals surface area contributed by atoms with Gasteiger partial charge in [0.15, 0.2) is 0 Å². The van der Waals surface area contributed by atoms with Crippen molar-refractivity contribution in [2.45, 2.75) is 64.1 Å². The molecule has 6 heteroatoms. The number of benzene rings is 2. The molecule has 0 saturated heterocycles. The van der Waals surface area contributed by atoms with E-state index in [1.807, 2.05) is 30.3 Å². The number of nitrogens with one attached hydrogen (secondary N) is 1. The maximum Gasteiger partial charge on any atom is 0.242 e. The van der Waals surface area contributed by atoms with E-state index in [0.717, 1.165) is 36.8 Å². The normalized spacial score (nSPS) is 15.4. The average Bonchev–Trinajstić information content (AvgIpc) is 2.73. The maximum atomic E-state index is 13.2. The van der Waals surface area contributed by atoms with Gasteiger partial charge >= 0.3 is 0 Å². The van der Waals surface area contributed by atoms with E-state index in [1.54, 1.807) is 30.0 Å². The van der Waals surface area contributed by atoms with E-state index >= 15 is 0 Å². The van der Waals surface area contributed by atoms with Crippen molar-refractivity contribution in [2.24, 2.45) is 0 Å². The van der Waals surface area contributed by atoms with Gasteiger partial charge in [-0.25, -0.2) is 0 Å². The summed E-state index contributed by atoms with van der Waals surface area (Å²) in [6.45, 7) is 2.06. The SMILES string of the molecule is CC(C(=O)NC1CCCCC1)N(Cc1ccccc1Cl)C(=O)Cc1cccc(Cl)c1. The summed E-state index contributed by atoms with van der Waals surface area (Å²) in [7, 11) is 0. The summed E-state index contributed by atoms with van der Waals surface area (Å²) in [5, 5.41) is 4.31. The number of hydrogen-bond donors (Lipinski definition) is 1. The molecule has 1 aliphatic rings. The van der Waals surface area contributed by atoms with Gasteiger partial charge in [0.2, 0.25) is 11.8 Å². The van der Waals surface area contributed by atoms with E-state index in [2.05, 4.69) is 5.32 Å².